The number of thiol groups is 1. The molecule has 0 aliphatic rings. The number of aliphatic carboxylic acids is 2. The zero-order valence-corrected chi connectivity index (χ0v) is 58.6. The van der Waals surface area contributed by atoms with E-state index in [0.29, 0.717) is 51.7 Å². The molecule has 3 rings (SSSR count). The van der Waals surface area contributed by atoms with Crippen LogP contribution >= 0.6 is 12.6 Å². The summed E-state index contributed by atoms with van der Waals surface area (Å²) in [6, 6.07) is 20.8. The highest BCUT2D eigenvalue weighted by molar-refractivity contribution is 7.81. The summed E-state index contributed by atoms with van der Waals surface area (Å²) in [4.78, 5) is 130. The maximum atomic E-state index is 12.6. The van der Waals surface area contributed by atoms with Crippen LogP contribution in [0.25, 0.3) is 0 Å². The van der Waals surface area contributed by atoms with E-state index in [4.69, 9.17) is 29.4 Å². The fourth-order valence-corrected chi connectivity index (χ4v) is 8.04. The highest BCUT2D eigenvalue weighted by Crippen LogP contribution is 2.07. The molecule has 0 aliphatic heterocycles. The molecule has 99 heavy (non-hydrogen) atoms. The predicted molar refractivity (Wildman–Crippen MR) is 377 cm³/mol. The number of hydrogen-bond donors (Lipinski definition) is 20. The first-order valence-corrected chi connectivity index (χ1v) is 33.1. The molecule has 7 unspecified atom stereocenters. The van der Waals surface area contributed by atoms with Crippen LogP contribution < -0.4 is 68.8 Å². The average molecular weight is 1410 g/mol. The van der Waals surface area contributed by atoms with Gasteiger partial charge in [0.25, 0.3) is 0 Å². The molecule has 0 aromatic heterocycles. The Hall–Kier alpha value is -8.48. The van der Waals surface area contributed by atoms with Crippen molar-refractivity contribution in [2.45, 2.75) is 163 Å². The van der Waals surface area contributed by atoms with Crippen molar-refractivity contribution >= 4 is 106 Å². The first-order valence-electron chi connectivity index (χ1n) is 32.4. The van der Waals surface area contributed by atoms with Crippen LogP contribution in [-0.2, 0) is 72.4 Å². The van der Waals surface area contributed by atoms with Gasteiger partial charge >= 0.3 is 58.4 Å². The SMILES string of the molecule is CB(O)NCCCCC(NC(=O)OCc1ccccc1)C(=O)O.CCC(NC(=O)C(CNB(C)O)NC(=O)OCc1ccccc1)C(=O)O.CCNC(=O)C(CC)NC(=O)C(CNB(C)O)NC(=O)CS.CCNC(=O)C(CC)NC(=O)C(CNB(C)O)NC(=O)OCc1ccccc1. The molecule has 3 aromatic rings. The number of amides is 9. The van der Waals surface area contributed by atoms with E-state index in [-0.39, 0.29) is 63.4 Å². The number of hydrogen-bond acceptors (Lipinski definition) is 23. The molecule has 38 heteroatoms. The number of likely N-dealkylation sites (N-methyl/N-ethyl adjacent to an activating group) is 2. The monoisotopic (exact) mass is 1410 g/mol. The predicted octanol–water partition coefficient (Wildman–Crippen LogP) is -0.659. The molecule has 0 bridgehead atoms. The number of carboxylic acids is 2. The Morgan fingerprint density at radius 3 is 0.980 bits per heavy atom. The lowest BCUT2D eigenvalue weighted by Crippen LogP contribution is -2.57. The average Bonchev–Trinajstić information content (AvgIpc) is 3.37. The Morgan fingerprint density at radius 2 is 0.697 bits per heavy atom. The van der Waals surface area contributed by atoms with E-state index in [1.165, 1.54) is 20.5 Å². The van der Waals surface area contributed by atoms with E-state index in [2.05, 4.69) is 81.4 Å². The van der Waals surface area contributed by atoms with Crippen molar-refractivity contribution in [1.82, 2.24) is 68.8 Å². The largest absolute Gasteiger partial charge is 0.480 e. The van der Waals surface area contributed by atoms with E-state index in [1.54, 1.807) is 65.7 Å². The number of alkyl carbamates (subject to hydrolysis) is 3. The third kappa shape index (κ3) is 44.9. The Bertz CT molecular complexity index is 2840. The van der Waals surface area contributed by atoms with Crippen molar-refractivity contribution in [2.24, 2.45) is 0 Å². The van der Waals surface area contributed by atoms with Crippen molar-refractivity contribution in [3.05, 3.63) is 108 Å². The molecule has 9 amide bonds. The molecular formula is C61H101B4N13O20S. The number of benzene rings is 3. The molecule has 19 N–H and O–H groups in total. The van der Waals surface area contributed by atoms with Gasteiger partial charge in [0.05, 0.1) is 5.75 Å². The lowest BCUT2D eigenvalue weighted by Gasteiger charge is -2.22. The molecule has 0 saturated carbocycles. The van der Waals surface area contributed by atoms with Crippen LogP contribution in [0.4, 0.5) is 14.4 Å². The first kappa shape index (κ1) is 90.5. The van der Waals surface area contributed by atoms with Gasteiger partial charge in [0, 0.05) is 32.7 Å². The standard InChI is InChI=1S/C18H29BN4O5.C16H24BN3O6.C15H23BN2O5.C12H25BN4O4S/c1-4-14(16(24)20-5-2)22-17(25)15(11-21-19(3)27)23-18(26)28-12-13-9-7-6-8-10-13;1-3-12(15(22)23)19-14(21)13(9-18-17(2)25)20-16(24)26-10-11-7-5-4-6-8-11;1-16(22)17-10-6-5-9-13(14(19)20)18-15(21)23-11-12-7-3-2-4-8-12;1-4-8(11(19)14-5-2)17-12(20)9(6-15-13(3)21)16-10(18)7-22/h6-10,14-15,21,27H,4-5,11-12H2,1-3H3,(H,20,24)(H,22,25)(H,23,26);4-8,12-13,18,25H,3,9-10H2,1-2H3,(H,19,21)(H,20,24)(H,22,23);2-4,7-8,13,17,22H,5-6,9-11H2,1H3,(H,18,21)(H,19,20);8-9,15,21-22H,4-7H2,1-3H3,(H,14,19)(H,16,18)(H,17,20). The molecule has 0 spiro atoms. The number of rotatable bonds is 41. The van der Waals surface area contributed by atoms with Crippen LogP contribution in [0.2, 0.25) is 27.3 Å². The fraction of sp³-hybridized carbons (Fsp3) is 0.525. The minimum absolute atomic E-state index is 0.0254. The molecule has 0 aliphatic carbocycles. The molecule has 0 heterocycles. The quantitative estimate of drug-likeness (QED) is 0.0145. The number of ether oxygens (including phenoxy) is 3. The van der Waals surface area contributed by atoms with Gasteiger partial charge in [-0.2, -0.15) is 12.6 Å². The molecule has 0 radical (unpaired) electrons. The maximum Gasteiger partial charge on any atom is 0.408 e. The van der Waals surface area contributed by atoms with Gasteiger partial charge in [-0.15, -0.1) is 0 Å². The molecule has 0 saturated heterocycles. The number of carbonyl (C=O) groups is 11. The molecule has 3 aromatic carbocycles. The molecule has 548 valence electrons. The summed E-state index contributed by atoms with van der Waals surface area (Å²) in [5.74, 6) is -5.06. The summed E-state index contributed by atoms with van der Waals surface area (Å²) in [5.41, 5.74) is 2.42. The van der Waals surface area contributed by atoms with Crippen molar-refractivity contribution < 1.29 is 97.3 Å². The molecule has 0 fully saturated rings. The molecule has 7 atom stereocenters. The van der Waals surface area contributed by atoms with Gasteiger partial charge in [-0.1, -0.05) is 112 Å². The van der Waals surface area contributed by atoms with Crippen molar-refractivity contribution in [2.75, 3.05) is 45.0 Å². The second-order valence-corrected chi connectivity index (χ2v) is 22.1. The third-order valence-corrected chi connectivity index (χ3v) is 13.5. The summed E-state index contributed by atoms with van der Waals surface area (Å²) < 4.78 is 15.2. The van der Waals surface area contributed by atoms with E-state index >= 15 is 0 Å². The Labute approximate surface area is 585 Å². The van der Waals surface area contributed by atoms with Crippen LogP contribution in [0.15, 0.2) is 91.0 Å². The van der Waals surface area contributed by atoms with Crippen LogP contribution in [0.5, 0.6) is 0 Å². The highest BCUT2D eigenvalue weighted by Gasteiger charge is 2.30. The smallest absolute Gasteiger partial charge is 0.408 e. The molecular weight excluding hydrogens is 1310 g/mol. The summed E-state index contributed by atoms with van der Waals surface area (Å²) >= 11 is 3.84. The number of carbonyl (C=O) groups excluding carboxylic acids is 9. The Balaban J connectivity index is 0.00000130. The van der Waals surface area contributed by atoms with Crippen LogP contribution in [0.1, 0.15) is 89.8 Å². The van der Waals surface area contributed by atoms with Gasteiger partial charge in [-0.05, 0) is 103 Å². The van der Waals surface area contributed by atoms with E-state index in [0.717, 1.165) is 16.7 Å². The van der Waals surface area contributed by atoms with E-state index in [9.17, 15) is 67.8 Å². The maximum absolute atomic E-state index is 12.6. The van der Waals surface area contributed by atoms with Crippen molar-refractivity contribution in [1.29, 1.82) is 0 Å². The fourth-order valence-electron chi connectivity index (χ4n) is 7.95. The van der Waals surface area contributed by atoms with Gasteiger partial charge in [-0.25, -0.2) is 24.0 Å². The normalized spacial score (nSPS) is 12.4. The Kier molecular flexibility index (Phi) is 49.8. The van der Waals surface area contributed by atoms with E-state index in [1.807, 2.05) is 66.7 Å². The van der Waals surface area contributed by atoms with E-state index < -0.39 is 124 Å². The highest BCUT2D eigenvalue weighted by atomic mass is 32.1. The summed E-state index contributed by atoms with van der Waals surface area (Å²) in [6.07, 6.45) is 0.273. The zero-order chi connectivity index (χ0) is 74.7. The van der Waals surface area contributed by atoms with Crippen LogP contribution in [0, 0.1) is 0 Å². The van der Waals surface area contributed by atoms with Crippen LogP contribution in [0.3, 0.4) is 0 Å². The number of nitrogens with one attached hydrogen (secondary N) is 13. The summed E-state index contributed by atoms with van der Waals surface area (Å²) in [6.45, 7) is 16.4. The molecule has 33 nitrogen and oxygen atoms in total. The zero-order valence-electron chi connectivity index (χ0n) is 57.7. The third-order valence-electron chi connectivity index (χ3n) is 13.3. The van der Waals surface area contributed by atoms with Gasteiger partial charge in [0.2, 0.25) is 35.4 Å². The van der Waals surface area contributed by atoms with Gasteiger partial charge in [0.15, 0.2) is 0 Å². The topological polar surface area (TPSA) is 493 Å². The second kappa shape index (κ2) is 54.4. The van der Waals surface area contributed by atoms with Gasteiger partial charge in [0.1, 0.15) is 62.1 Å². The van der Waals surface area contributed by atoms with Gasteiger partial charge in [-0.3, -0.25) is 28.8 Å². The number of unbranched alkanes of at least 4 members (excludes halogenated alkanes) is 1. The summed E-state index contributed by atoms with van der Waals surface area (Å²) in [5, 5.41) is 88.4. The second-order valence-electron chi connectivity index (χ2n) is 21.8. The Morgan fingerprint density at radius 1 is 0.394 bits per heavy atom. The minimum Gasteiger partial charge on any atom is -0.480 e. The number of carboxylic acid groups (broad SMARTS) is 2. The lowest BCUT2D eigenvalue weighted by atomic mass is 9.88. The summed E-state index contributed by atoms with van der Waals surface area (Å²) in [7, 11) is -3.19. The lowest BCUT2D eigenvalue weighted by molar-refractivity contribution is -0.142. The van der Waals surface area contributed by atoms with Gasteiger partial charge < -0.3 is 113 Å². The van der Waals surface area contributed by atoms with Crippen molar-refractivity contribution in [3.8, 4) is 0 Å². The van der Waals surface area contributed by atoms with Crippen LogP contribution in [-0.4, -0.2) is 211 Å². The first-order chi connectivity index (χ1) is 47.0. The minimum atomic E-state index is -1.17. The van der Waals surface area contributed by atoms with Crippen molar-refractivity contribution in [3.63, 3.8) is 0 Å².